The van der Waals surface area contributed by atoms with Gasteiger partial charge in [-0.1, -0.05) is 13.8 Å². The molecule has 0 saturated heterocycles. The highest BCUT2D eigenvalue weighted by atomic mass is 16.4. The highest BCUT2D eigenvalue weighted by Crippen LogP contribution is 2.11. The fourth-order valence-electron chi connectivity index (χ4n) is 1.60. The number of carboxylic acids is 1. The lowest BCUT2D eigenvalue weighted by Crippen LogP contribution is -2.36. The molecule has 0 saturated carbocycles. The van der Waals surface area contributed by atoms with E-state index in [9.17, 15) is 9.59 Å². The van der Waals surface area contributed by atoms with Crippen LogP contribution in [0.4, 0.5) is 10.5 Å². The quantitative estimate of drug-likeness (QED) is 0.720. The van der Waals surface area contributed by atoms with Crippen LogP contribution in [0.5, 0.6) is 0 Å². The van der Waals surface area contributed by atoms with Crippen molar-refractivity contribution in [2.45, 2.75) is 20.3 Å². The first-order valence-electron chi connectivity index (χ1n) is 6.01. The molecule has 0 radical (unpaired) electrons. The Morgan fingerprint density at radius 3 is 2.47 bits per heavy atom. The second kappa shape index (κ2) is 7.30. The van der Waals surface area contributed by atoms with E-state index in [-0.39, 0.29) is 12.5 Å². The Bertz CT molecular complexity index is 422. The predicted octanol–water partition coefficient (Wildman–Crippen LogP) is 1.35. The van der Waals surface area contributed by atoms with Gasteiger partial charge < -0.3 is 15.7 Å². The highest BCUT2D eigenvalue weighted by molar-refractivity contribution is 5.89. The molecule has 3 N–H and O–H groups in total. The lowest BCUT2D eigenvalue weighted by molar-refractivity contribution is -0.142. The number of amides is 2. The summed E-state index contributed by atoms with van der Waals surface area (Å²) in [6.45, 7) is 3.97. The Hall–Kier alpha value is -2.18. The Labute approximate surface area is 111 Å². The van der Waals surface area contributed by atoms with E-state index in [0.29, 0.717) is 12.1 Å². The van der Waals surface area contributed by atoms with E-state index >= 15 is 0 Å². The second-order valence-corrected chi connectivity index (χ2v) is 4.63. The topological polar surface area (TPSA) is 104 Å². The minimum Gasteiger partial charge on any atom is -0.481 e. The maximum Gasteiger partial charge on any atom is 0.319 e. The molecular formula is C12H18N4O3. The van der Waals surface area contributed by atoms with Gasteiger partial charge in [-0.3, -0.25) is 4.79 Å². The third-order valence-electron chi connectivity index (χ3n) is 2.43. The summed E-state index contributed by atoms with van der Waals surface area (Å²) in [6, 6.07) is -0.468. The largest absolute Gasteiger partial charge is 0.481 e. The molecule has 0 aliphatic rings. The summed E-state index contributed by atoms with van der Waals surface area (Å²) < 4.78 is 0. The van der Waals surface area contributed by atoms with Crippen LogP contribution in [-0.4, -0.2) is 33.6 Å². The number of hydrogen-bond acceptors (Lipinski definition) is 4. The monoisotopic (exact) mass is 266 g/mol. The number of urea groups is 1. The average molecular weight is 266 g/mol. The summed E-state index contributed by atoms with van der Waals surface area (Å²) >= 11 is 0. The van der Waals surface area contributed by atoms with Gasteiger partial charge in [0.25, 0.3) is 0 Å². The van der Waals surface area contributed by atoms with Crippen molar-refractivity contribution >= 4 is 17.7 Å². The van der Waals surface area contributed by atoms with Crippen molar-refractivity contribution in [3.8, 4) is 0 Å². The smallest absolute Gasteiger partial charge is 0.319 e. The second-order valence-electron chi connectivity index (χ2n) is 4.63. The summed E-state index contributed by atoms with van der Waals surface area (Å²) in [5.74, 6) is -1.23. The number of carbonyl (C=O) groups is 2. The summed E-state index contributed by atoms with van der Waals surface area (Å²) in [5, 5.41) is 14.1. The van der Waals surface area contributed by atoms with Crippen LogP contribution >= 0.6 is 0 Å². The number of aliphatic carboxylic acids is 1. The van der Waals surface area contributed by atoms with E-state index in [1.807, 2.05) is 13.8 Å². The van der Waals surface area contributed by atoms with Gasteiger partial charge in [-0.15, -0.1) is 0 Å². The van der Waals surface area contributed by atoms with Gasteiger partial charge in [0.15, 0.2) is 0 Å². The number of nitrogens with one attached hydrogen (secondary N) is 2. The number of anilines is 1. The molecule has 1 aromatic rings. The van der Waals surface area contributed by atoms with Gasteiger partial charge in [-0.05, 0) is 12.3 Å². The fraction of sp³-hybridized carbons (Fsp3) is 0.500. The first-order valence-corrected chi connectivity index (χ1v) is 6.01. The van der Waals surface area contributed by atoms with Crippen LogP contribution in [-0.2, 0) is 4.79 Å². The molecule has 1 heterocycles. The van der Waals surface area contributed by atoms with Crippen molar-refractivity contribution in [3.05, 3.63) is 18.7 Å². The zero-order valence-electron chi connectivity index (χ0n) is 11.0. The molecule has 1 rings (SSSR count). The first-order chi connectivity index (χ1) is 8.99. The van der Waals surface area contributed by atoms with Gasteiger partial charge >= 0.3 is 12.0 Å². The molecule has 19 heavy (non-hydrogen) atoms. The zero-order valence-corrected chi connectivity index (χ0v) is 11.0. The first kappa shape index (κ1) is 14.9. The van der Waals surface area contributed by atoms with E-state index < -0.39 is 17.9 Å². The van der Waals surface area contributed by atoms with Crippen LogP contribution in [0.1, 0.15) is 20.3 Å². The lowest BCUT2D eigenvalue weighted by Gasteiger charge is -2.15. The number of rotatable bonds is 6. The summed E-state index contributed by atoms with van der Waals surface area (Å²) in [6.07, 6.45) is 4.78. The van der Waals surface area contributed by atoms with Crippen LogP contribution in [0, 0.1) is 11.8 Å². The summed E-state index contributed by atoms with van der Waals surface area (Å²) in [4.78, 5) is 30.1. The minimum absolute atomic E-state index is 0.0903. The van der Waals surface area contributed by atoms with E-state index in [1.165, 1.54) is 18.7 Å². The molecule has 7 heteroatoms. The van der Waals surface area contributed by atoms with Crippen LogP contribution < -0.4 is 10.6 Å². The van der Waals surface area contributed by atoms with Crippen molar-refractivity contribution in [2.24, 2.45) is 11.8 Å². The SMILES string of the molecule is CC(C)CC(CNC(=O)Nc1cncnc1)C(=O)O. The molecule has 0 spiro atoms. The maximum absolute atomic E-state index is 11.6. The van der Waals surface area contributed by atoms with E-state index in [0.717, 1.165) is 0 Å². The lowest BCUT2D eigenvalue weighted by atomic mass is 9.97. The Morgan fingerprint density at radius 1 is 1.32 bits per heavy atom. The van der Waals surface area contributed by atoms with Crippen LogP contribution in [0.25, 0.3) is 0 Å². The number of carboxylic acid groups (broad SMARTS) is 1. The van der Waals surface area contributed by atoms with E-state index in [1.54, 1.807) is 0 Å². The van der Waals surface area contributed by atoms with Crippen molar-refractivity contribution in [1.29, 1.82) is 0 Å². The van der Waals surface area contributed by atoms with Crippen LogP contribution in [0.15, 0.2) is 18.7 Å². The van der Waals surface area contributed by atoms with Crippen LogP contribution in [0.3, 0.4) is 0 Å². The van der Waals surface area contributed by atoms with Gasteiger partial charge in [-0.25, -0.2) is 14.8 Å². The minimum atomic E-state index is -0.906. The molecular weight excluding hydrogens is 248 g/mol. The molecule has 1 atom stereocenters. The van der Waals surface area contributed by atoms with Gasteiger partial charge in [0.05, 0.1) is 24.0 Å². The number of aromatic nitrogens is 2. The zero-order chi connectivity index (χ0) is 14.3. The number of carbonyl (C=O) groups excluding carboxylic acids is 1. The normalized spacial score (nSPS) is 11.9. The van der Waals surface area contributed by atoms with Gasteiger partial charge in [0, 0.05) is 6.54 Å². The van der Waals surface area contributed by atoms with E-state index in [4.69, 9.17) is 5.11 Å². The Balaban J connectivity index is 2.42. The van der Waals surface area contributed by atoms with Crippen molar-refractivity contribution in [3.63, 3.8) is 0 Å². The number of nitrogens with zero attached hydrogens (tertiary/aromatic N) is 2. The van der Waals surface area contributed by atoms with Gasteiger partial charge in [0.1, 0.15) is 6.33 Å². The molecule has 0 aliphatic heterocycles. The molecule has 0 aromatic carbocycles. The summed E-state index contributed by atoms with van der Waals surface area (Å²) in [7, 11) is 0. The van der Waals surface area contributed by atoms with Gasteiger partial charge in [0.2, 0.25) is 0 Å². The summed E-state index contributed by atoms with van der Waals surface area (Å²) in [5.41, 5.74) is 0.454. The molecule has 7 nitrogen and oxygen atoms in total. The molecule has 0 aliphatic carbocycles. The van der Waals surface area contributed by atoms with Crippen LogP contribution in [0.2, 0.25) is 0 Å². The molecule has 0 bridgehead atoms. The van der Waals surface area contributed by atoms with Crippen molar-refractivity contribution < 1.29 is 14.7 Å². The highest BCUT2D eigenvalue weighted by Gasteiger charge is 2.19. The molecule has 2 amide bonds. The Kier molecular flexibility index (Phi) is 5.72. The standard InChI is InChI=1S/C12H18N4O3/c1-8(2)3-9(11(17)18)4-15-12(19)16-10-5-13-7-14-6-10/h5-9H,3-4H2,1-2H3,(H,17,18)(H2,15,16,19). The van der Waals surface area contributed by atoms with Crippen molar-refractivity contribution in [1.82, 2.24) is 15.3 Å². The van der Waals surface area contributed by atoms with Crippen molar-refractivity contribution in [2.75, 3.05) is 11.9 Å². The fourth-order valence-corrected chi connectivity index (χ4v) is 1.60. The Morgan fingerprint density at radius 2 is 1.95 bits per heavy atom. The maximum atomic E-state index is 11.6. The average Bonchev–Trinajstić information content (AvgIpc) is 2.35. The third kappa shape index (κ3) is 5.80. The van der Waals surface area contributed by atoms with Gasteiger partial charge in [-0.2, -0.15) is 0 Å². The molecule has 1 unspecified atom stereocenters. The molecule has 1 aromatic heterocycles. The molecule has 104 valence electrons. The predicted molar refractivity (Wildman–Crippen MR) is 69.6 cm³/mol. The number of hydrogen-bond donors (Lipinski definition) is 3. The molecule has 0 fully saturated rings. The third-order valence-corrected chi connectivity index (χ3v) is 2.43. The van der Waals surface area contributed by atoms with E-state index in [2.05, 4.69) is 20.6 Å².